The summed E-state index contributed by atoms with van der Waals surface area (Å²) in [5.41, 5.74) is -0.0334. The number of nitrogens with zero attached hydrogens (tertiary/aromatic N) is 2. The normalized spacial score (nSPS) is 12.0. The molecule has 0 atom stereocenters. The summed E-state index contributed by atoms with van der Waals surface area (Å²) in [6.07, 6.45) is -4.37. The number of aryl methyl sites for hydroxylation is 1. The van der Waals surface area contributed by atoms with Crippen LogP contribution >= 0.6 is 11.3 Å². The molecule has 6 nitrogen and oxygen atoms in total. The predicted molar refractivity (Wildman–Crippen MR) is 139 cm³/mol. The van der Waals surface area contributed by atoms with Crippen LogP contribution in [0.4, 0.5) is 18.3 Å². The van der Waals surface area contributed by atoms with Crippen molar-refractivity contribution in [2.75, 3.05) is 24.6 Å². The van der Waals surface area contributed by atoms with Crippen molar-refractivity contribution in [1.82, 2.24) is 4.98 Å². The van der Waals surface area contributed by atoms with E-state index < -0.39 is 23.3 Å². The summed E-state index contributed by atoms with van der Waals surface area (Å²) < 4.78 is 50.2. The minimum atomic E-state index is -4.37. The van der Waals surface area contributed by atoms with Gasteiger partial charge in [0, 0.05) is 17.5 Å². The average molecular weight is 537 g/mol. The number of carboxylic acid groups (broad SMARTS) is 1. The first-order chi connectivity index (χ1) is 17.3. The number of hydrogen-bond donors (Lipinski definition) is 1. The fourth-order valence-corrected chi connectivity index (χ4v) is 4.37. The summed E-state index contributed by atoms with van der Waals surface area (Å²) in [6, 6.07) is 10.2. The lowest BCUT2D eigenvalue weighted by Crippen LogP contribution is -2.38. The second kappa shape index (κ2) is 11.4. The van der Waals surface area contributed by atoms with Gasteiger partial charge in [0.25, 0.3) is 0 Å². The molecule has 2 aromatic carbocycles. The van der Waals surface area contributed by atoms with Crippen molar-refractivity contribution in [3.8, 4) is 22.8 Å². The third-order valence-electron chi connectivity index (χ3n) is 5.51. The predicted octanol–water partition coefficient (Wildman–Crippen LogP) is 6.92. The molecule has 0 radical (unpaired) electrons. The molecule has 0 bridgehead atoms. The number of ether oxygens (including phenoxy) is 2. The molecular weight excluding hydrogens is 505 g/mol. The summed E-state index contributed by atoms with van der Waals surface area (Å²) in [4.78, 5) is 18.1. The average Bonchev–Trinajstić information content (AvgIpc) is 3.29. The van der Waals surface area contributed by atoms with Crippen LogP contribution in [0.2, 0.25) is 0 Å². The topological polar surface area (TPSA) is 71.9 Å². The first-order valence-corrected chi connectivity index (χ1v) is 12.7. The summed E-state index contributed by atoms with van der Waals surface area (Å²) in [5, 5.41) is 11.9. The van der Waals surface area contributed by atoms with Crippen LogP contribution in [-0.4, -0.2) is 41.4 Å². The highest BCUT2D eigenvalue weighted by Crippen LogP contribution is 2.33. The third-order valence-corrected chi connectivity index (χ3v) is 6.41. The van der Waals surface area contributed by atoms with Crippen molar-refractivity contribution >= 4 is 22.4 Å². The molecular formula is C27H31F3N2O4S. The number of aliphatic carboxylic acids is 1. The van der Waals surface area contributed by atoms with Crippen LogP contribution in [0.15, 0.2) is 47.8 Å². The second-order valence-corrected chi connectivity index (χ2v) is 10.5. The Morgan fingerprint density at radius 1 is 1.14 bits per heavy atom. The highest BCUT2D eigenvalue weighted by atomic mass is 32.1. The SMILES string of the molecule is Cc1cc(OCCN(CC(C)C)c2nc(-c3ccc(C(F)(F)F)cc3)cs2)ccc1OC(C)(C)C(=O)O. The molecule has 3 aromatic rings. The first kappa shape index (κ1) is 28.3. The lowest BCUT2D eigenvalue weighted by molar-refractivity contribution is -0.152. The Bertz CT molecular complexity index is 1210. The molecule has 0 fully saturated rings. The lowest BCUT2D eigenvalue weighted by Gasteiger charge is -2.24. The van der Waals surface area contributed by atoms with Crippen LogP contribution in [0.5, 0.6) is 11.5 Å². The van der Waals surface area contributed by atoms with E-state index in [1.165, 1.54) is 37.3 Å². The van der Waals surface area contributed by atoms with Crippen molar-refractivity contribution in [1.29, 1.82) is 0 Å². The number of anilines is 1. The van der Waals surface area contributed by atoms with Crippen molar-refractivity contribution in [3.63, 3.8) is 0 Å². The number of rotatable bonds is 11. The van der Waals surface area contributed by atoms with Gasteiger partial charge in [-0.1, -0.05) is 26.0 Å². The number of thiazole rings is 1. The molecule has 0 aliphatic heterocycles. The minimum Gasteiger partial charge on any atom is -0.492 e. The number of carbonyl (C=O) groups is 1. The lowest BCUT2D eigenvalue weighted by atomic mass is 10.1. The molecule has 200 valence electrons. The Morgan fingerprint density at radius 2 is 1.81 bits per heavy atom. The Morgan fingerprint density at radius 3 is 2.38 bits per heavy atom. The van der Waals surface area contributed by atoms with Crippen molar-refractivity contribution in [2.45, 2.75) is 46.4 Å². The highest BCUT2D eigenvalue weighted by molar-refractivity contribution is 7.14. The van der Waals surface area contributed by atoms with Crippen LogP contribution in [-0.2, 0) is 11.0 Å². The van der Waals surface area contributed by atoms with E-state index in [2.05, 4.69) is 23.7 Å². The monoisotopic (exact) mass is 536 g/mol. The van der Waals surface area contributed by atoms with E-state index in [1.807, 2.05) is 12.3 Å². The van der Waals surface area contributed by atoms with Crippen LogP contribution in [0, 0.1) is 12.8 Å². The summed E-state index contributed by atoms with van der Waals surface area (Å²) >= 11 is 1.43. The highest BCUT2D eigenvalue weighted by Gasteiger charge is 2.31. The van der Waals surface area contributed by atoms with E-state index in [9.17, 15) is 23.1 Å². The molecule has 1 heterocycles. The number of benzene rings is 2. The van der Waals surface area contributed by atoms with Crippen LogP contribution in [0.3, 0.4) is 0 Å². The van der Waals surface area contributed by atoms with Gasteiger partial charge in [0.15, 0.2) is 10.7 Å². The van der Waals surface area contributed by atoms with Gasteiger partial charge in [-0.3, -0.25) is 0 Å². The molecule has 1 N–H and O–H groups in total. The molecule has 0 saturated carbocycles. The maximum atomic E-state index is 12.9. The quantitative estimate of drug-likeness (QED) is 0.287. The van der Waals surface area contributed by atoms with Gasteiger partial charge >= 0.3 is 12.1 Å². The van der Waals surface area contributed by atoms with Crippen LogP contribution in [0.1, 0.15) is 38.8 Å². The number of halogens is 3. The van der Waals surface area contributed by atoms with Gasteiger partial charge in [0.1, 0.15) is 18.1 Å². The van der Waals surface area contributed by atoms with E-state index in [0.717, 1.165) is 29.4 Å². The number of alkyl halides is 3. The Kier molecular flexibility index (Phi) is 8.73. The maximum Gasteiger partial charge on any atom is 0.416 e. The summed E-state index contributed by atoms with van der Waals surface area (Å²) in [6.45, 7) is 10.7. The van der Waals surface area contributed by atoms with E-state index >= 15 is 0 Å². The molecule has 1 aromatic heterocycles. The van der Waals surface area contributed by atoms with E-state index in [-0.39, 0.29) is 0 Å². The smallest absolute Gasteiger partial charge is 0.416 e. The Labute approximate surface area is 218 Å². The van der Waals surface area contributed by atoms with Gasteiger partial charge in [-0.15, -0.1) is 11.3 Å². The Hall–Kier alpha value is -3.27. The molecule has 3 rings (SSSR count). The van der Waals surface area contributed by atoms with Gasteiger partial charge in [-0.25, -0.2) is 9.78 Å². The molecule has 37 heavy (non-hydrogen) atoms. The van der Waals surface area contributed by atoms with Gasteiger partial charge in [-0.2, -0.15) is 13.2 Å². The molecule has 0 saturated heterocycles. The number of hydrogen-bond acceptors (Lipinski definition) is 6. The zero-order chi connectivity index (χ0) is 27.4. The summed E-state index contributed by atoms with van der Waals surface area (Å²) in [7, 11) is 0. The van der Waals surface area contributed by atoms with Gasteiger partial charge < -0.3 is 19.5 Å². The van der Waals surface area contributed by atoms with Gasteiger partial charge in [-0.05, 0) is 62.6 Å². The van der Waals surface area contributed by atoms with Crippen LogP contribution in [0.25, 0.3) is 11.3 Å². The molecule has 0 spiro atoms. The van der Waals surface area contributed by atoms with Crippen molar-refractivity contribution in [2.24, 2.45) is 5.92 Å². The van der Waals surface area contributed by atoms with Gasteiger partial charge in [0.2, 0.25) is 0 Å². The van der Waals surface area contributed by atoms with Crippen LogP contribution < -0.4 is 14.4 Å². The maximum absolute atomic E-state index is 12.9. The van der Waals surface area contributed by atoms with E-state index in [1.54, 1.807) is 18.2 Å². The second-order valence-electron chi connectivity index (χ2n) is 9.62. The fourth-order valence-electron chi connectivity index (χ4n) is 3.50. The first-order valence-electron chi connectivity index (χ1n) is 11.8. The van der Waals surface area contributed by atoms with Crippen molar-refractivity contribution < 1.29 is 32.5 Å². The molecule has 10 heteroatoms. The Balaban J connectivity index is 1.66. The largest absolute Gasteiger partial charge is 0.492 e. The molecule has 0 amide bonds. The standard InChI is InChI=1S/C27H31F3N2O4S/c1-17(2)15-32(25-31-22(16-37-25)19-6-8-20(9-7-19)27(28,29)30)12-13-35-21-10-11-23(18(3)14-21)36-26(4,5)24(33)34/h6-11,14,16-17H,12-13,15H2,1-5H3,(H,33,34). The van der Waals surface area contributed by atoms with Crippen molar-refractivity contribution in [3.05, 3.63) is 59.0 Å². The zero-order valence-electron chi connectivity index (χ0n) is 21.4. The summed E-state index contributed by atoms with van der Waals surface area (Å²) in [5.74, 6) is 0.405. The van der Waals surface area contributed by atoms with E-state index in [4.69, 9.17) is 9.47 Å². The minimum absolute atomic E-state index is 0.356. The number of aromatic nitrogens is 1. The number of carboxylic acids is 1. The molecule has 0 aliphatic rings. The molecule has 0 aliphatic carbocycles. The zero-order valence-corrected chi connectivity index (χ0v) is 22.2. The fraction of sp³-hybridized carbons (Fsp3) is 0.407. The third kappa shape index (κ3) is 7.61. The molecule has 0 unspecified atom stereocenters. The van der Waals surface area contributed by atoms with Gasteiger partial charge in [0.05, 0.1) is 17.8 Å². The van der Waals surface area contributed by atoms with E-state index in [0.29, 0.717) is 41.8 Å².